The van der Waals surface area contributed by atoms with Crippen LogP contribution in [0.15, 0.2) is 36.4 Å². The zero-order valence-electron chi connectivity index (χ0n) is 19.3. The predicted molar refractivity (Wildman–Crippen MR) is 115 cm³/mol. The average molecular weight is 487 g/mol. The van der Waals surface area contributed by atoms with Crippen LogP contribution in [0.5, 0.6) is 0 Å². The van der Waals surface area contributed by atoms with E-state index >= 15 is 0 Å². The van der Waals surface area contributed by atoms with Gasteiger partial charge in [0.2, 0.25) is 5.91 Å². The molecule has 34 heavy (non-hydrogen) atoms. The first-order valence-electron chi connectivity index (χ1n) is 10.9. The van der Waals surface area contributed by atoms with Crippen LogP contribution in [-0.2, 0) is 14.3 Å². The SMILES string of the molecule is Cc1cccc(-c2cc(F)cc(F)c2)c1F.O=[C-]COCC1CCN(C(=O)C2CC(F)C2)C1.[Na+]. The van der Waals surface area contributed by atoms with Crippen LogP contribution in [0.4, 0.5) is 17.6 Å². The molecule has 9 heteroatoms. The van der Waals surface area contributed by atoms with E-state index in [-0.39, 0.29) is 59.1 Å². The van der Waals surface area contributed by atoms with E-state index in [1.807, 2.05) is 0 Å². The molecule has 1 unspecified atom stereocenters. The Kier molecular flexibility index (Phi) is 11.2. The van der Waals surface area contributed by atoms with Crippen LogP contribution in [0.2, 0.25) is 0 Å². The van der Waals surface area contributed by atoms with Crippen molar-refractivity contribution >= 4 is 12.2 Å². The molecule has 1 atom stereocenters. The largest absolute Gasteiger partial charge is 1.00 e. The third-order valence-corrected chi connectivity index (χ3v) is 5.91. The van der Waals surface area contributed by atoms with Crippen LogP contribution < -0.4 is 29.6 Å². The fraction of sp³-hybridized carbons (Fsp3) is 0.440. The average Bonchev–Trinajstić information content (AvgIpc) is 3.22. The third kappa shape index (κ3) is 7.63. The van der Waals surface area contributed by atoms with E-state index in [0.717, 1.165) is 31.2 Å². The molecule has 1 saturated heterocycles. The number of hydrogen-bond donors (Lipinski definition) is 0. The van der Waals surface area contributed by atoms with Gasteiger partial charge in [0.1, 0.15) is 23.6 Å². The molecule has 2 fully saturated rings. The molecule has 1 aliphatic heterocycles. The topological polar surface area (TPSA) is 46.6 Å². The van der Waals surface area contributed by atoms with Gasteiger partial charge in [-0.15, -0.1) is 0 Å². The standard InChI is InChI=1S/C13H9F3.C12H17FNO3.Na/c1-8-3-2-4-12(13(8)16)9-5-10(14)7-11(15)6-9;13-11-5-10(6-11)12(16)14-2-1-9(7-14)8-17-4-3-15;/h2-7H,1H3;9-11H,1-2,4-8H2;/q;-1;+1. The van der Waals surface area contributed by atoms with Crippen LogP contribution >= 0.6 is 0 Å². The van der Waals surface area contributed by atoms with Crippen molar-refractivity contribution in [3.8, 4) is 11.1 Å². The minimum absolute atomic E-state index is 0. The van der Waals surface area contributed by atoms with E-state index in [4.69, 9.17) is 4.74 Å². The van der Waals surface area contributed by atoms with Gasteiger partial charge in [-0.2, -0.15) is 0 Å². The second kappa shape index (κ2) is 13.4. The molecule has 0 bridgehead atoms. The molecule has 4 rings (SSSR count). The van der Waals surface area contributed by atoms with E-state index in [2.05, 4.69) is 0 Å². The second-order valence-electron chi connectivity index (χ2n) is 8.46. The number of halogens is 4. The molecular weight excluding hydrogens is 461 g/mol. The van der Waals surface area contributed by atoms with Crippen molar-refractivity contribution in [2.75, 3.05) is 26.3 Å². The molecule has 0 radical (unpaired) electrons. The van der Waals surface area contributed by atoms with Crippen molar-refractivity contribution in [1.82, 2.24) is 4.90 Å². The maximum atomic E-state index is 13.7. The van der Waals surface area contributed by atoms with E-state index in [0.29, 0.717) is 37.5 Å². The van der Waals surface area contributed by atoms with Crippen molar-refractivity contribution in [1.29, 1.82) is 0 Å². The number of hydrogen-bond acceptors (Lipinski definition) is 3. The van der Waals surface area contributed by atoms with Crippen molar-refractivity contribution in [2.24, 2.45) is 11.8 Å². The van der Waals surface area contributed by atoms with Gasteiger partial charge in [-0.3, -0.25) is 4.79 Å². The summed E-state index contributed by atoms with van der Waals surface area (Å²) in [5.74, 6) is -1.59. The van der Waals surface area contributed by atoms with Gasteiger partial charge in [-0.05, 0) is 56.1 Å². The Bertz CT molecular complexity index is 964. The number of carbonyl (C=O) groups is 1. The summed E-state index contributed by atoms with van der Waals surface area (Å²) in [7, 11) is 0. The van der Waals surface area contributed by atoms with Crippen molar-refractivity contribution < 1.29 is 61.4 Å². The molecule has 2 aliphatic rings. The molecule has 178 valence electrons. The summed E-state index contributed by atoms with van der Waals surface area (Å²) in [6.45, 7) is 3.50. The van der Waals surface area contributed by atoms with Crippen LogP contribution in [0, 0.1) is 36.2 Å². The number of amides is 1. The van der Waals surface area contributed by atoms with Gasteiger partial charge in [0.15, 0.2) is 0 Å². The van der Waals surface area contributed by atoms with E-state index < -0.39 is 23.6 Å². The molecule has 1 amide bonds. The first-order valence-corrected chi connectivity index (χ1v) is 10.9. The fourth-order valence-electron chi connectivity index (χ4n) is 4.02. The molecule has 0 spiro atoms. The van der Waals surface area contributed by atoms with Crippen molar-refractivity contribution in [2.45, 2.75) is 32.4 Å². The predicted octanol–water partition coefficient (Wildman–Crippen LogP) is 1.79. The first-order chi connectivity index (χ1) is 15.8. The second-order valence-corrected chi connectivity index (χ2v) is 8.46. The normalized spacial score (nSPS) is 21.1. The number of ether oxygens (including phenoxy) is 1. The zero-order valence-corrected chi connectivity index (χ0v) is 21.3. The maximum Gasteiger partial charge on any atom is 1.00 e. The van der Waals surface area contributed by atoms with Gasteiger partial charge in [0, 0.05) is 43.2 Å². The summed E-state index contributed by atoms with van der Waals surface area (Å²) in [5, 5.41) is 0. The summed E-state index contributed by atoms with van der Waals surface area (Å²) in [4.78, 5) is 23.7. The number of alkyl halides is 1. The third-order valence-electron chi connectivity index (χ3n) is 5.91. The van der Waals surface area contributed by atoms with Gasteiger partial charge in [0.05, 0.1) is 0 Å². The number of nitrogens with zero attached hydrogens (tertiary/aromatic N) is 1. The Balaban J connectivity index is 0.000000234. The molecular formula is C25H26F4NNaO3. The Labute approximate surface area is 218 Å². The van der Waals surface area contributed by atoms with E-state index in [1.165, 1.54) is 6.07 Å². The number of aryl methyl sites for hydroxylation is 1. The molecule has 4 nitrogen and oxygen atoms in total. The summed E-state index contributed by atoms with van der Waals surface area (Å²) < 4.78 is 57.4. The summed E-state index contributed by atoms with van der Waals surface area (Å²) >= 11 is 0. The molecule has 1 saturated carbocycles. The maximum absolute atomic E-state index is 13.7. The molecule has 0 aromatic heterocycles. The summed E-state index contributed by atoms with van der Waals surface area (Å²) in [5.41, 5.74) is 0.860. The Morgan fingerprint density at radius 2 is 1.82 bits per heavy atom. The van der Waals surface area contributed by atoms with Crippen LogP contribution in [0.25, 0.3) is 11.1 Å². The molecule has 1 heterocycles. The van der Waals surface area contributed by atoms with Gasteiger partial charge in [0.25, 0.3) is 0 Å². The van der Waals surface area contributed by atoms with Crippen LogP contribution in [0.3, 0.4) is 0 Å². The summed E-state index contributed by atoms with van der Waals surface area (Å²) in [6.07, 6.45) is 2.56. The quantitative estimate of drug-likeness (QED) is 0.270. The van der Waals surface area contributed by atoms with Crippen LogP contribution in [0.1, 0.15) is 24.8 Å². The van der Waals surface area contributed by atoms with Gasteiger partial charge in [-0.25, -0.2) is 23.8 Å². The minimum Gasteiger partial charge on any atom is -0.540 e. The number of likely N-dealkylation sites (tertiary alicyclic amines) is 1. The number of carbonyl (C=O) groups excluding carboxylic acids is 2. The van der Waals surface area contributed by atoms with Crippen molar-refractivity contribution in [3.63, 3.8) is 0 Å². The minimum atomic E-state index is -0.784. The number of benzene rings is 2. The zero-order chi connectivity index (χ0) is 24.0. The Morgan fingerprint density at radius 3 is 2.44 bits per heavy atom. The Hall–Kier alpha value is -1.74. The molecule has 2 aromatic rings. The summed E-state index contributed by atoms with van der Waals surface area (Å²) in [6, 6.07) is 7.74. The van der Waals surface area contributed by atoms with Crippen molar-refractivity contribution in [3.05, 3.63) is 59.4 Å². The van der Waals surface area contributed by atoms with E-state index in [9.17, 15) is 27.2 Å². The van der Waals surface area contributed by atoms with E-state index in [1.54, 1.807) is 30.2 Å². The molecule has 0 N–H and O–H groups in total. The fourth-order valence-corrected chi connectivity index (χ4v) is 4.02. The number of rotatable bonds is 6. The first kappa shape index (κ1) is 28.5. The smallest absolute Gasteiger partial charge is 0.540 e. The van der Waals surface area contributed by atoms with Gasteiger partial charge >= 0.3 is 29.6 Å². The Morgan fingerprint density at radius 1 is 1.15 bits per heavy atom. The monoisotopic (exact) mass is 487 g/mol. The van der Waals surface area contributed by atoms with Gasteiger partial charge in [-0.1, -0.05) is 18.2 Å². The van der Waals surface area contributed by atoms with Gasteiger partial charge < -0.3 is 14.4 Å². The molecule has 2 aromatic carbocycles. The van der Waals surface area contributed by atoms with Crippen LogP contribution in [-0.4, -0.2) is 49.6 Å². The molecule has 1 aliphatic carbocycles.